The zero-order valence-electron chi connectivity index (χ0n) is 6.62. The van der Waals surface area contributed by atoms with Gasteiger partial charge >= 0.3 is 7.60 Å². The van der Waals surface area contributed by atoms with E-state index in [1.54, 1.807) is 13.8 Å². The monoisotopic (exact) mass is 198 g/mol. The molecule has 66 valence electrons. The highest BCUT2D eigenvalue weighted by molar-refractivity contribution is 7.57. The fourth-order valence-electron chi connectivity index (χ4n) is 0.552. The fraction of sp³-hybridized carbons (Fsp3) is 0.667. The number of hydrogen-bond acceptors (Lipinski definition) is 3. The van der Waals surface area contributed by atoms with E-state index in [4.69, 9.17) is 20.6 Å². The average molecular weight is 199 g/mol. The van der Waals surface area contributed by atoms with Crippen molar-refractivity contribution < 1.29 is 13.6 Å². The van der Waals surface area contributed by atoms with Crippen LogP contribution in [0, 0.1) is 0 Å². The molecule has 0 rings (SSSR count). The predicted molar refractivity (Wildman–Crippen MR) is 45.9 cm³/mol. The van der Waals surface area contributed by atoms with Crippen molar-refractivity contribution in [1.29, 1.82) is 0 Å². The maximum Gasteiger partial charge on any atom is 0.355 e. The average Bonchev–Trinajstić information content (AvgIpc) is 1.88. The van der Waals surface area contributed by atoms with Gasteiger partial charge in [-0.2, -0.15) is 0 Å². The molecular formula is C6H12ClO3P. The molecule has 0 spiro atoms. The first-order valence-electron chi connectivity index (χ1n) is 3.35. The third-order valence-corrected chi connectivity index (χ3v) is 2.91. The lowest BCUT2D eigenvalue weighted by Crippen LogP contribution is -1.91. The van der Waals surface area contributed by atoms with Gasteiger partial charge in [0, 0.05) is 11.4 Å². The second-order valence-corrected chi connectivity index (χ2v) is 3.80. The van der Waals surface area contributed by atoms with Crippen LogP contribution in [0.25, 0.3) is 0 Å². The summed E-state index contributed by atoms with van der Waals surface area (Å²) >= 11 is 5.24. The van der Waals surface area contributed by atoms with E-state index in [1.165, 1.54) is 5.82 Å². The SMILES string of the molecule is CCOP(=O)(/C=C\Cl)OCC. The maximum atomic E-state index is 11.4. The molecule has 11 heavy (non-hydrogen) atoms. The van der Waals surface area contributed by atoms with Crippen molar-refractivity contribution in [3.8, 4) is 0 Å². The molecule has 3 nitrogen and oxygen atoms in total. The Morgan fingerprint density at radius 1 is 1.36 bits per heavy atom. The summed E-state index contributed by atoms with van der Waals surface area (Å²) in [6.07, 6.45) is 0. The summed E-state index contributed by atoms with van der Waals surface area (Å²) in [5.74, 6) is 1.24. The molecule has 0 aromatic heterocycles. The summed E-state index contributed by atoms with van der Waals surface area (Å²) < 4.78 is 21.1. The van der Waals surface area contributed by atoms with Crippen molar-refractivity contribution in [2.45, 2.75) is 13.8 Å². The maximum absolute atomic E-state index is 11.4. The summed E-state index contributed by atoms with van der Waals surface area (Å²) in [5.41, 5.74) is 1.14. The Balaban J connectivity index is 4.14. The van der Waals surface area contributed by atoms with Gasteiger partial charge in [-0.25, -0.2) is 0 Å². The van der Waals surface area contributed by atoms with Crippen molar-refractivity contribution in [3.63, 3.8) is 0 Å². The molecule has 0 aliphatic carbocycles. The normalized spacial score (nSPS) is 12.6. The number of rotatable bonds is 5. The van der Waals surface area contributed by atoms with Crippen molar-refractivity contribution in [2.75, 3.05) is 13.2 Å². The van der Waals surface area contributed by atoms with Gasteiger partial charge in [-0.15, -0.1) is 0 Å². The van der Waals surface area contributed by atoms with Crippen LogP contribution in [0.5, 0.6) is 0 Å². The number of hydrogen-bond donors (Lipinski definition) is 0. The molecule has 0 radical (unpaired) electrons. The van der Waals surface area contributed by atoms with Gasteiger partial charge in [-0.05, 0) is 13.8 Å². The number of halogens is 1. The van der Waals surface area contributed by atoms with Crippen LogP contribution in [0.15, 0.2) is 11.4 Å². The van der Waals surface area contributed by atoms with E-state index in [0.29, 0.717) is 13.2 Å². The molecular weight excluding hydrogens is 186 g/mol. The Labute approximate surface area is 71.9 Å². The molecule has 0 heterocycles. The topological polar surface area (TPSA) is 35.5 Å². The molecule has 0 fully saturated rings. The zero-order valence-corrected chi connectivity index (χ0v) is 8.27. The van der Waals surface area contributed by atoms with Crippen LogP contribution in [-0.4, -0.2) is 13.2 Å². The first-order chi connectivity index (χ1) is 5.18. The Kier molecular flexibility index (Phi) is 5.88. The van der Waals surface area contributed by atoms with E-state index in [2.05, 4.69) is 0 Å². The molecule has 0 unspecified atom stereocenters. The minimum Gasteiger partial charge on any atom is -0.306 e. The molecule has 0 N–H and O–H groups in total. The molecule has 0 amide bonds. The lowest BCUT2D eigenvalue weighted by Gasteiger charge is -2.11. The Morgan fingerprint density at radius 2 is 1.82 bits per heavy atom. The standard InChI is InChI=1S/C6H12ClO3P/c1-3-9-11(8,6-5-7)10-4-2/h5-6H,3-4H2,1-2H3/b6-5-. The molecule has 0 saturated carbocycles. The second kappa shape index (κ2) is 5.78. The Bertz CT molecular complexity index is 159. The van der Waals surface area contributed by atoms with Gasteiger partial charge in [0.05, 0.1) is 13.2 Å². The summed E-state index contributed by atoms with van der Waals surface area (Å²) in [5, 5.41) is 0. The van der Waals surface area contributed by atoms with Gasteiger partial charge in [-0.1, -0.05) is 11.6 Å². The largest absolute Gasteiger partial charge is 0.355 e. The highest BCUT2D eigenvalue weighted by Gasteiger charge is 2.17. The highest BCUT2D eigenvalue weighted by atomic mass is 35.5. The molecule has 0 aliphatic rings. The summed E-state index contributed by atoms with van der Waals surface area (Å²) in [6, 6.07) is 0. The van der Waals surface area contributed by atoms with Crippen LogP contribution in [0.2, 0.25) is 0 Å². The smallest absolute Gasteiger partial charge is 0.306 e. The van der Waals surface area contributed by atoms with Crippen LogP contribution in [0.1, 0.15) is 13.8 Å². The third-order valence-electron chi connectivity index (χ3n) is 0.857. The minimum atomic E-state index is -3.03. The highest BCUT2D eigenvalue weighted by Crippen LogP contribution is 2.49. The molecule has 0 aliphatic heterocycles. The third kappa shape index (κ3) is 4.59. The van der Waals surface area contributed by atoms with E-state index in [0.717, 1.165) is 5.54 Å². The van der Waals surface area contributed by atoms with Crippen LogP contribution >= 0.6 is 19.2 Å². The van der Waals surface area contributed by atoms with Crippen LogP contribution in [0.3, 0.4) is 0 Å². The van der Waals surface area contributed by atoms with Crippen LogP contribution < -0.4 is 0 Å². The minimum absolute atomic E-state index is 0.346. The van der Waals surface area contributed by atoms with Gasteiger partial charge < -0.3 is 9.05 Å². The summed E-state index contributed by atoms with van der Waals surface area (Å²) in [7, 11) is -3.03. The fourth-order valence-corrected chi connectivity index (χ4v) is 2.07. The van der Waals surface area contributed by atoms with Crippen LogP contribution in [-0.2, 0) is 13.6 Å². The van der Waals surface area contributed by atoms with E-state index in [9.17, 15) is 4.57 Å². The second-order valence-electron chi connectivity index (χ2n) is 1.65. The van der Waals surface area contributed by atoms with Crippen molar-refractivity contribution in [1.82, 2.24) is 0 Å². The van der Waals surface area contributed by atoms with Crippen molar-refractivity contribution >= 4 is 19.2 Å². The predicted octanol–water partition coefficient (Wildman–Crippen LogP) is 2.96. The molecule has 0 saturated heterocycles. The summed E-state index contributed by atoms with van der Waals surface area (Å²) in [6.45, 7) is 4.18. The van der Waals surface area contributed by atoms with Gasteiger partial charge in [0.25, 0.3) is 0 Å². The molecule has 0 aromatic rings. The van der Waals surface area contributed by atoms with E-state index < -0.39 is 7.60 Å². The first kappa shape index (κ1) is 11.2. The molecule has 0 aromatic carbocycles. The first-order valence-corrected chi connectivity index (χ1v) is 5.40. The Morgan fingerprint density at radius 3 is 2.09 bits per heavy atom. The van der Waals surface area contributed by atoms with E-state index >= 15 is 0 Å². The molecule has 0 bridgehead atoms. The summed E-state index contributed by atoms with van der Waals surface area (Å²) in [4.78, 5) is 0. The van der Waals surface area contributed by atoms with Gasteiger partial charge in [0.15, 0.2) is 0 Å². The quantitative estimate of drug-likeness (QED) is 0.637. The van der Waals surface area contributed by atoms with E-state index in [-0.39, 0.29) is 0 Å². The van der Waals surface area contributed by atoms with Crippen LogP contribution in [0.4, 0.5) is 0 Å². The zero-order chi connectivity index (χ0) is 8.74. The molecule has 5 heteroatoms. The van der Waals surface area contributed by atoms with Gasteiger partial charge in [-0.3, -0.25) is 4.57 Å². The van der Waals surface area contributed by atoms with Gasteiger partial charge in [0.1, 0.15) is 0 Å². The lowest BCUT2D eigenvalue weighted by molar-refractivity contribution is 0.229. The van der Waals surface area contributed by atoms with Crippen molar-refractivity contribution in [3.05, 3.63) is 11.4 Å². The van der Waals surface area contributed by atoms with Crippen molar-refractivity contribution in [2.24, 2.45) is 0 Å². The lowest BCUT2D eigenvalue weighted by atomic mass is 10.9. The Hall–Kier alpha value is 0.180. The molecule has 0 atom stereocenters. The van der Waals surface area contributed by atoms with Gasteiger partial charge in [0.2, 0.25) is 0 Å². The van der Waals surface area contributed by atoms with E-state index in [1.807, 2.05) is 0 Å².